The first-order chi connectivity index (χ1) is 12.3. The second-order valence-corrected chi connectivity index (χ2v) is 8.42. The molecule has 2 aromatic carbocycles. The minimum Gasteiger partial charge on any atom is -0.324 e. The summed E-state index contributed by atoms with van der Waals surface area (Å²) >= 11 is 1.52. The summed E-state index contributed by atoms with van der Waals surface area (Å²) in [5.74, 6) is -0.268. The third-order valence-corrected chi connectivity index (χ3v) is 5.86. The Morgan fingerprint density at radius 2 is 1.88 bits per heavy atom. The Morgan fingerprint density at radius 3 is 2.50 bits per heavy atom. The van der Waals surface area contributed by atoms with E-state index >= 15 is 0 Å². The molecule has 140 valence electrons. The molecule has 0 saturated heterocycles. The van der Waals surface area contributed by atoms with Crippen LogP contribution in [0.3, 0.4) is 0 Å². The maximum Gasteiger partial charge on any atom is 0.242 e. The van der Waals surface area contributed by atoms with Crippen molar-refractivity contribution in [2.24, 2.45) is 0 Å². The number of carbonyl (C=O) groups is 1. The summed E-state index contributed by atoms with van der Waals surface area (Å²) in [6.07, 6.45) is 2.21. The molecule has 0 radical (unpaired) electrons. The van der Waals surface area contributed by atoms with Gasteiger partial charge in [0.15, 0.2) is 0 Å². The molecular formula is C18H21FN2O3S2. The van der Waals surface area contributed by atoms with E-state index in [0.717, 1.165) is 0 Å². The summed E-state index contributed by atoms with van der Waals surface area (Å²) in [4.78, 5) is 12.7. The first kappa shape index (κ1) is 20.4. The summed E-state index contributed by atoms with van der Waals surface area (Å²) in [5, 5.41) is 2.68. The van der Waals surface area contributed by atoms with Crippen molar-refractivity contribution in [1.82, 2.24) is 4.72 Å². The number of sulfonamides is 1. The van der Waals surface area contributed by atoms with Crippen molar-refractivity contribution in [3.05, 3.63) is 59.9 Å². The van der Waals surface area contributed by atoms with Crippen molar-refractivity contribution < 1.29 is 17.6 Å². The van der Waals surface area contributed by atoms with Gasteiger partial charge in [-0.25, -0.2) is 12.8 Å². The molecule has 0 fully saturated rings. The fourth-order valence-electron chi connectivity index (χ4n) is 2.32. The predicted octanol–water partition coefficient (Wildman–Crippen LogP) is 3.17. The van der Waals surface area contributed by atoms with Crippen LogP contribution in [0.15, 0.2) is 53.4 Å². The molecule has 0 aromatic heterocycles. The van der Waals surface area contributed by atoms with Crippen molar-refractivity contribution in [3.63, 3.8) is 0 Å². The molecule has 0 aliphatic carbocycles. The number of carbonyl (C=O) groups excluding carboxylic acids is 1. The number of benzene rings is 2. The van der Waals surface area contributed by atoms with Gasteiger partial charge in [-0.3, -0.25) is 4.79 Å². The Morgan fingerprint density at radius 1 is 1.19 bits per heavy atom. The van der Waals surface area contributed by atoms with E-state index in [1.165, 1.54) is 42.1 Å². The van der Waals surface area contributed by atoms with E-state index in [1.807, 2.05) is 6.26 Å². The van der Waals surface area contributed by atoms with E-state index in [4.69, 9.17) is 0 Å². The van der Waals surface area contributed by atoms with Crippen LogP contribution >= 0.6 is 11.8 Å². The molecule has 0 aliphatic rings. The number of hydrogen-bond donors (Lipinski definition) is 2. The Kier molecular flexibility index (Phi) is 7.19. The van der Waals surface area contributed by atoms with Gasteiger partial charge in [-0.15, -0.1) is 0 Å². The van der Waals surface area contributed by atoms with Crippen LogP contribution < -0.4 is 10.0 Å². The highest BCUT2D eigenvalue weighted by molar-refractivity contribution is 7.98. The Balaban J connectivity index is 2.19. The summed E-state index contributed by atoms with van der Waals surface area (Å²) in [7, 11) is -3.82. The topological polar surface area (TPSA) is 75.3 Å². The molecule has 0 saturated carbocycles. The second-order valence-electron chi connectivity index (χ2n) is 5.72. The maximum atomic E-state index is 13.2. The molecule has 1 atom stereocenters. The van der Waals surface area contributed by atoms with Gasteiger partial charge in [-0.2, -0.15) is 16.5 Å². The third-order valence-electron chi connectivity index (χ3n) is 3.72. The summed E-state index contributed by atoms with van der Waals surface area (Å²) in [6.45, 7) is 1.67. The van der Waals surface area contributed by atoms with Crippen LogP contribution in [0.1, 0.15) is 12.0 Å². The van der Waals surface area contributed by atoms with Gasteiger partial charge in [0, 0.05) is 5.69 Å². The highest BCUT2D eigenvalue weighted by atomic mass is 32.2. The van der Waals surface area contributed by atoms with Gasteiger partial charge in [0.05, 0.1) is 4.90 Å². The molecule has 1 amide bonds. The van der Waals surface area contributed by atoms with Crippen LogP contribution in [0.5, 0.6) is 0 Å². The number of hydrogen-bond acceptors (Lipinski definition) is 4. The van der Waals surface area contributed by atoms with Gasteiger partial charge in [0.1, 0.15) is 11.9 Å². The van der Waals surface area contributed by atoms with Gasteiger partial charge < -0.3 is 5.32 Å². The lowest BCUT2D eigenvalue weighted by molar-refractivity contribution is -0.117. The van der Waals surface area contributed by atoms with E-state index in [0.29, 0.717) is 23.4 Å². The normalized spacial score (nSPS) is 12.6. The average molecular weight is 397 g/mol. The van der Waals surface area contributed by atoms with Gasteiger partial charge in [0.25, 0.3) is 0 Å². The summed E-state index contributed by atoms with van der Waals surface area (Å²) in [6, 6.07) is 11.0. The molecule has 0 aliphatic heterocycles. The number of thioether (sulfide) groups is 1. The van der Waals surface area contributed by atoms with Gasteiger partial charge in [-0.05, 0) is 61.2 Å². The van der Waals surface area contributed by atoms with Crippen LogP contribution in [0.2, 0.25) is 0 Å². The van der Waals surface area contributed by atoms with Gasteiger partial charge >= 0.3 is 0 Å². The van der Waals surface area contributed by atoms with Crippen LogP contribution in [-0.4, -0.2) is 32.4 Å². The quantitative estimate of drug-likeness (QED) is 0.719. The highest BCUT2D eigenvalue weighted by Crippen LogP contribution is 2.17. The van der Waals surface area contributed by atoms with E-state index in [9.17, 15) is 17.6 Å². The first-order valence-corrected chi connectivity index (χ1v) is 10.8. The molecule has 0 spiro atoms. The number of aryl methyl sites for hydroxylation is 1. The highest BCUT2D eigenvalue weighted by Gasteiger charge is 2.25. The molecule has 26 heavy (non-hydrogen) atoms. The molecule has 2 aromatic rings. The van der Waals surface area contributed by atoms with E-state index in [-0.39, 0.29) is 4.90 Å². The second kappa shape index (κ2) is 9.16. The Labute approximate surface area is 157 Å². The molecule has 8 heteroatoms. The maximum absolute atomic E-state index is 13.2. The van der Waals surface area contributed by atoms with Gasteiger partial charge in [0.2, 0.25) is 15.9 Å². The number of halogens is 1. The standard InChI is InChI=1S/C18H21FN2O3S2/c1-13-12-14(19)8-9-16(13)20-18(22)17(10-11-25-2)21-26(23,24)15-6-4-3-5-7-15/h3-9,12,17,21H,10-11H2,1-2H3,(H,20,22)/t17-/m0/s1. The molecule has 0 bridgehead atoms. The summed E-state index contributed by atoms with van der Waals surface area (Å²) in [5.41, 5.74) is 1.01. The van der Waals surface area contributed by atoms with Crippen LogP contribution in [0, 0.1) is 12.7 Å². The smallest absolute Gasteiger partial charge is 0.242 e. The molecule has 2 N–H and O–H groups in total. The van der Waals surface area contributed by atoms with Crippen molar-refractivity contribution in [2.45, 2.75) is 24.3 Å². The summed E-state index contributed by atoms with van der Waals surface area (Å²) < 4.78 is 40.7. The number of nitrogens with one attached hydrogen (secondary N) is 2. The number of amides is 1. The van der Waals surface area contributed by atoms with Crippen molar-refractivity contribution >= 4 is 33.4 Å². The Hall–Kier alpha value is -1.90. The van der Waals surface area contributed by atoms with E-state index in [2.05, 4.69) is 10.0 Å². The van der Waals surface area contributed by atoms with Crippen molar-refractivity contribution in [3.8, 4) is 0 Å². The van der Waals surface area contributed by atoms with E-state index < -0.39 is 27.8 Å². The average Bonchev–Trinajstić information content (AvgIpc) is 2.61. The molecule has 5 nitrogen and oxygen atoms in total. The lowest BCUT2D eigenvalue weighted by atomic mass is 10.1. The van der Waals surface area contributed by atoms with Gasteiger partial charge in [-0.1, -0.05) is 18.2 Å². The third kappa shape index (κ3) is 5.55. The monoisotopic (exact) mass is 396 g/mol. The van der Waals surface area contributed by atoms with Crippen LogP contribution in [0.4, 0.5) is 10.1 Å². The molecule has 0 unspecified atom stereocenters. The fraction of sp³-hybridized carbons (Fsp3) is 0.278. The first-order valence-electron chi connectivity index (χ1n) is 7.97. The molecule has 2 rings (SSSR count). The zero-order valence-electron chi connectivity index (χ0n) is 14.5. The van der Waals surface area contributed by atoms with Crippen molar-refractivity contribution in [2.75, 3.05) is 17.3 Å². The fourth-order valence-corrected chi connectivity index (χ4v) is 4.04. The van der Waals surface area contributed by atoms with E-state index in [1.54, 1.807) is 25.1 Å². The lowest BCUT2D eigenvalue weighted by Crippen LogP contribution is -2.44. The predicted molar refractivity (Wildman–Crippen MR) is 103 cm³/mol. The van der Waals surface area contributed by atoms with Crippen LogP contribution in [0.25, 0.3) is 0 Å². The minimum atomic E-state index is -3.82. The zero-order valence-corrected chi connectivity index (χ0v) is 16.2. The minimum absolute atomic E-state index is 0.0971. The van der Waals surface area contributed by atoms with Crippen LogP contribution in [-0.2, 0) is 14.8 Å². The van der Waals surface area contributed by atoms with Crippen molar-refractivity contribution in [1.29, 1.82) is 0 Å². The Bertz CT molecular complexity index is 858. The lowest BCUT2D eigenvalue weighted by Gasteiger charge is -2.19. The molecular weight excluding hydrogens is 375 g/mol. The largest absolute Gasteiger partial charge is 0.324 e. The molecule has 0 heterocycles. The number of anilines is 1. The SMILES string of the molecule is CSCC[C@H](NS(=O)(=O)c1ccccc1)C(=O)Nc1ccc(F)cc1C. The number of rotatable bonds is 8. The zero-order chi connectivity index (χ0) is 19.2.